The van der Waals surface area contributed by atoms with Gasteiger partial charge in [-0.25, -0.2) is 0 Å². The topological polar surface area (TPSA) is 36.9 Å². The lowest BCUT2D eigenvalue weighted by Crippen LogP contribution is -2.37. The van der Waals surface area contributed by atoms with Gasteiger partial charge in [0.1, 0.15) is 5.75 Å². The zero-order valence-corrected chi connectivity index (χ0v) is 15.5. The van der Waals surface area contributed by atoms with E-state index in [1.54, 1.807) is 7.11 Å². The molecule has 0 amide bonds. The number of benzene rings is 2. The third-order valence-corrected chi connectivity index (χ3v) is 5.03. The van der Waals surface area contributed by atoms with E-state index in [9.17, 15) is 0 Å². The van der Waals surface area contributed by atoms with E-state index in [1.807, 2.05) is 25.2 Å². The van der Waals surface area contributed by atoms with Crippen molar-refractivity contribution >= 4 is 11.9 Å². The number of hydrazone groups is 1. The molecule has 0 saturated heterocycles. The van der Waals surface area contributed by atoms with Gasteiger partial charge in [0.05, 0.1) is 13.2 Å². The van der Waals surface area contributed by atoms with E-state index < -0.39 is 0 Å². The molecule has 1 aliphatic rings. The Kier molecular flexibility index (Phi) is 4.98. The average molecular weight is 337 g/mol. The monoisotopic (exact) mass is 337 g/mol. The minimum atomic E-state index is -0.125. The van der Waals surface area contributed by atoms with E-state index in [0.29, 0.717) is 0 Å². The lowest BCUT2D eigenvalue weighted by atomic mass is 9.70. The third kappa shape index (κ3) is 3.48. The van der Waals surface area contributed by atoms with Crippen LogP contribution in [-0.4, -0.2) is 32.4 Å². The lowest BCUT2D eigenvalue weighted by molar-refractivity contribution is 0.403. The minimum Gasteiger partial charge on any atom is -0.497 e. The zero-order chi connectivity index (χ0) is 17.9. The van der Waals surface area contributed by atoms with Crippen molar-refractivity contribution in [1.82, 2.24) is 5.01 Å². The van der Waals surface area contributed by atoms with Crippen molar-refractivity contribution in [2.45, 2.75) is 31.2 Å². The summed E-state index contributed by atoms with van der Waals surface area (Å²) in [6.45, 7) is 2.23. The van der Waals surface area contributed by atoms with E-state index in [2.05, 4.69) is 66.0 Å². The SMILES string of the molecule is CC[C@@]1(/C=N/N(C)C)C[C@H](c2ccccc2)Nc2ccc(OC)cc21. The summed E-state index contributed by atoms with van der Waals surface area (Å²) in [5.41, 5.74) is 3.60. The second kappa shape index (κ2) is 7.18. The summed E-state index contributed by atoms with van der Waals surface area (Å²) in [6.07, 6.45) is 4.06. The Morgan fingerprint density at radius 3 is 2.64 bits per heavy atom. The van der Waals surface area contributed by atoms with Gasteiger partial charge in [-0.2, -0.15) is 5.10 Å². The maximum absolute atomic E-state index is 5.47. The molecule has 0 spiro atoms. The molecule has 1 heterocycles. The van der Waals surface area contributed by atoms with Gasteiger partial charge in [-0.1, -0.05) is 37.3 Å². The molecule has 0 fully saturated rings. The minimum absolute atomic E-state index is 0.125. The molecular formula is C21H27N3O. The average Bonchev–Trinajstić information content (AvgIpc) is 2.66. The Morgan fingerprint density at radius 1 is 1.24 bits per heavy atom. The van der Waals surface area contributed by atoms with E-state index in [4.69, 9.17) is 4.74 Å². The van der Waals surface area contributed by atoms with Crippen LogP contribution in [0.1, 0.15) is 36.9 Å². The Balaban J connectivity index is 2.10. The number of nitrogens with one attached hydrogen (secondary N) is 1. The summed E-state index contributed by atoms with van der Waals surface area (Å²) in [5, 5.41) is 10.2. The van der Waals surface area contributed by atoms with Gasteiger partial charge in [0.15, 0.2) is 0 Å². The number of fused-ring (bicyclic) bond motifs is 1. The van der Waals surface area contributed by atoms with Crippen molar-refractivity contribution in [3.8, 4) is 5.75 Å². The van der Waals surface area contributed by atoms with Gasteiger partial charge in [-0.05, 0) is 42.2 Å². The molecule has 0 saturated carbocycles. The summed E-state index contributed by atoms with van der Waals surface area (Å²) in [4.78, 5) is 0. The van der Waals surface area contributed by atoms with Crippen molar-refractivity contribution in [3.63, 3.8) is 0 Å². The summed E-state index contributed by atoms with van der Waals surface area (Å²) in [6, 6.07) is 17.2. The van der Waals surface area contributed by atoms with E-state index in [1.165, 1.54) is 11.1 Å². The maximum Gasteiger partial charge on any atom is 0.119 e. The molecule has 3 rings (SSSR count). The molecule has 0 unspecified atom stereocenters. The number of nitrogens with zero attached hydrogens (tertiary/aromatic N) is 2. The van der Waals surface area contributed by atoms with Crippen LogP contribution in [0.4, 0.5) is 5.69 Å². The first kappa shape index (κ1) is 17.3. The highest BCUT2D eigenvalue weighted by Gasteiger charge is 2.39. The van der Waals surface area contributed by atoms with E-state index in [-0.39, 0.29) is 11.5 Å². The summed E-state index contributed by atoms with van der Waals surface area (Å²) in [7, 11) is 5.64. The fourth-order valence-electron chi connectivity index (χ4n) is 3.56. The first-order chi connectivity index (χ1) is 12.1. The fraction of sp³-hybridized carbons (Fsp3) is 0.381. The number of hydrogen-bond acceptors (Lipinski definition) is 4. The van der Waals surface area contributed by atoms with Crippen LogP contribution >= 0.6 is 0 Å². The first-order valence-electron chi connectivity index (χ1n) is 8.80. The standard InChI is InChI=1S/C21H27N3O/c1-5-21(15-22-24(2)3)14-20(16-9-7-6-8-10-16)23-19-12-11-17(25-4)13-18(19)21/h6-13,15,20,23H,5,14H2,1-4H3/b22-15+/t20-,21+/m1/s1. The molecule has 4 nitrogen and oxygen atoms in total. The van der Waals surface area contributed by atoms with Crippen LogP contribution in [0.3, 0.4) is 0 Å². The summed E-state index contributed by atoms with van der Waals surface area (Å²) in [5.74, 6) is 0.884. The van der Waals surface area contributed by atoms with Crippen molar-refractivity contribution in [2.24, 2.45) is 5.10 Å². The lowest BCUT2D eigenvalue weighted by Gasteiger charge is -2.41. The third-order valence-electron chi connectivity index (χ3n) is 5.03. The largest absolute Gasteiger partial charge is 0.497 e. The van der Waals surface area contributed by atoms with Gasteiger partial charge in [-0.3, -0.25) is 0 Å². The second-order valence-corrected chi connectivity index (χ2v) is 6.82. The van der Waals surface area contributed by atoms with Crippen molar-refractivity contribution in [1.29, 1.82) is 0 Å². The van der Waals surface area contributed by atoms with Crippen molar-refractivity contribution < 1.29 is 4.74 Å². The van der Waals surface area contributed by atoms with Crippen molar-refractivity contribution in [3.05, 3.63) is 59.7 Å². The number of ether oxygens (including phenoxy) is 1. The Labute approximate surface area is 150 Å². The summed E-state index contributed by atoms with van der Waals surface area (Å²) < 4.78 is 5.47. The highest BCUT2D eigenvalue weighted by Crippen LogP contribution is 2.46. The maximum atomic E-state index is 5.47. The molecule has 132 valence electrons. The predicted molar refractivity (Wildman–Crippen MR) is 105 cm³/mol. The molecule has 1 N–H and O–H groups in total. The molecular weight excluding hydrogens is 310 g/mol. The van der Waals surface area contributed by atoms with Gasteiger partial charge in [0.2, 0.25) is 0 Å². The highest BCUT2D eigenvalue weighted by molar-refractivity contribution is 5.80. The number of anilines is 1. The van der Waals surface area contributed by atoms with Crippen LogP contribution in [0.2, 0.25) is 0 Å². The molecule has 0 aromatic heterocycles. The Bertz CT molecular complexity index is 742. The second-order valence-electron chi connectivity index (χ2n) is 6.82. The van der Waals surface area contributed by atoms with Crippen LogP contribution in [-0.2, 0) is 5.41 Å². The van der Waals surface area contributed by atoms with Crippen LogP contribution in [0, 0.1) is 0 Å². The number of rotatable bonds is 5. The number of methoxy groups -OCH3 is 1. The van der Waals surface area contributed by atoms with Gasteiger partial charge in [0, 0.05) is 31.4 Å². The predicted octanol–water partition coefficient (Wildman–Crippen LogP) is 4.45. The molecule has 1 aliphatic heterocycles. The molecule has 0 aliphatic carbocycles. The fourth-order valence-corrected chi connectivity index (χ4v) is 3.56. The molecule has 4 heteroatoms. The highest BCUT2D eigenvalue weighted by atomic mass is 16.5. The molecule has 25 heavy (non-hydrogen) atoms. The van der Waals surface area contributed by atoms with Crippen molar-refractivity contribution in [2.75, 3.05) is 26.5 Å². The molecule has 2 aromatic carbocycles. The van der Waals surface area contributed by atoms with Crippen LogP contribution in [0.15, 0.2) is 53.6 Å². The van der Waals surface area contributed by atoms with E-state index in [0.717, 1.165) is 24.3 Å². The molecule has 0 bridgehead atoms. The molecule has 2 aromatic rings. The smallest absolute Gasteiger partial charge is 0.119 e. The molecule has 2 atom stereocenters. The number of hydrogen-bond donors (Lipinski definition) is 1. The Morgan fingerprint density at radius 2 is 2.00 bits per heavy atom. The quantitative estimate of drug-likeness (QED) is 0.647. The normalized spacial score (nSPS) is 22.3. The zero-order valence-electron chi connectivity index (χ0n) is 15.5. The van der Waals surface area contributed by atoms with Crippen LogP contribution in [0.5, 0.6) is 5.75 Å². The first-order valence-corrected chi connectivity index (χ1v) is 8.80. The van der Waals surface area contributed by atoms with Crippen LogP contribution in [0.25, 0.3) is 0 Å². The summed E-state index contributed by atoms with van der Waals surface area (Å²) >= 11 is 0. The van der Waals surface area contributed by atoms with E-state index >= 15 is 0 Å². The van der Waals surface area contributed by atoms with Gasteiger partial charge >= 0.3 is 0 Å². The van der Waals surface area contributed by atoms with Gasteiger partial charge in [0.25, 0.3) is 0 Å². The Hall–Kier alpha value is -2.49. The molecule has 0 radical (unpaired) electrons. The van der Waals surface area contributed by atoms with Gasteiger partial charge in [-0.15, -0.1) is 0 Å². The van der Waals surface area contributed by atoms with Crippen LogP contribution < -0.4 is 10.1 Å². The van der Waals surface area contributed by atoms with Gasteiger partial charge < -0.3 is 15.1 Å².